The van der Waals surface area contributed by atoms with Crippen molar-refractivity contribution in [2.75, 3.05) is 29.0 Å². The number of ketones is 1. The Morgan fingerprint density at radius 1 is 1.09 bits per heavy atom. The topological polar surface area (TPSA) is 142 Å². The number of carbonyl (C=O) groups is 3. The Hall–Kier alpha value is -4.01. The van der Waals surface area contributed by atoms with E-state index >= 15 is 0 Å². The molecule has 45 heavy (non-hydrogen) atoms. The first-order valence-electron chi connectivity index (χ1n) is 13.5. The van der Waals surface area contributed by atoms with Crippen LogP contribution in [0.3, 0.4) is 0 Å². The lowest BCUT2D eigenvalue weighted by atomic mass is 10.0. The quantitative estimate of drug-likeness (QED) is 0.203. The maximum absolute atomic E-state index is 13.3. The van der Waals surface area contributed by atoms with Gasteiger partial charge in [0.1, 0.15) is 22.7 Å². The van der Waals surface area contributed by atoms with E-state index in [0.29, 0.717) is 17.0 Å². The smallest absolute Gasteiger partial charge is 0.387 e. The number of benzene rings is 2. The Kier molecular flexibility index (Phi) is 9.46. The molecule has 2 aromatic carbocycles. The van der Waals surface area contributed by atoms with Gasteiger partial charge in [0.2, 0.25) is 10.0 Å². The second kappa shape index (κ2) is 13.2. The molecule has 2 heterocycles. The van der Waals surface area contributed by atoms with E-state index in [1.54, 1.807) is 0 Å². The number of hydrogen-bond donors (Lipinski definition) is 1. The summed E-state index contributed by atoms with van der Waals surface area (Å²) >= 11 is 12.7. The zero-order valence-corrected chi connectivity index (χ0v) is 25.8. The highest BCUT2D eigenvalue weighted by Gasteiger charge is 2.38. The van der Waals surface area contributed by atoms with Gasteiger partial charge in [-0.25, -0.2) is 13.4 Å². The lowest BCUT2D eigenvalue weighted by Crippen LogP contribution is -2.36. The Labute approximate surface area is 266 Å². The van der Waals surface area contributed by atoms with Gasteiger partial charge in [0, 0.05) is 17.7 Å². The molecule has 0 unspecified atom stereocenters. The van der Waals surface area contributed by atoms with E-state index in [0.717, 1.165) is 24.0 Å². The molecule has 11 nitrogen and oxygen atoms in total. The van der Waals surface area contributed by atoms with Crippen LogP contribution in [0, 0.1) is 5.92 Å². The molecule has 0 bridgehead atoms. The minimum absolute atomic E-state index is 0.0205. The lowest BCUT2D eigenvalue weighted by Gasteiger charge is -2.23. The van der Waals surface area contributed by atoms with E-state index < -0.39 is 46.9 Å². The van der Waals surface area contributed by atoms with Crippen molar-refractivity contribution in [3.8, 4) is 11.5 Å². The number of rotatable bonds is 13. The number of aromatic amines is 1. The predicted molar refractivity (Wildman–Crippen MR) is 158 cm³/mol. The van der Waals surface area contributed by atoms with Crippen molar-refractivity contribution in [3.63, 3.8) is 0 Å². The maximum atomic E-state index is 13.3. The molecule has 5 rings (SSSR count). The Morgan fingerprint density at radius 3 is 2.44 bits per heavy atom. The summed E-state index contributed by atoms with van der Waals surface area (Å²) in [5.74, 6) is -2.75. The molecule has 1 amide bonds. The highest BCUT2D eigenvalue weighted by atomic mass is 35.5. The molecule has 0 spiro atoms. The maximum Gasteiger partial charge on any atom is 0.387 e. The largest absolute Gasteiger partial charge is 0.489 e. The summed E-state index contributed by atoms with van der Waals surface area (Å²) < 4.78 is 67.9. The summed E-state index contributed by atoms with van der Waals surface area (Å²) in [6, 6.07) is 8.00. The number of amides is 1. The number of H-pyrrole nitrogens is 1. The molecule has 1 aromatic heterocycles. The van der Waals surface area contributed by atoms with Gasteiger partial charge in [0.25, 0.3) is 11.7 Å². The van der Waals surface area contributed by atoms with E-state index in [2.05, 4.69) is 14.4 Å². The van der Waals surface area contributed by atoms with Crippen LogP contribution in [-0.4, -0.2) is 52.1 Å². The number of fused-ring (bicyclic) bond motifs is 1. The van der Waals surface area contributed by atoms with Gasteiger partial charge in [-0.1, -0.05) is 29.3 Å². The number of alkyl halides is 2. The van der Waals surface area contributed by atoms with Crippen molar-refractivity contribution in [3.05, 3.63) is 75.5 Å². The number of halogens is 4. The van der Waals surface area contributed by atoms with E-state index in [9.17, 15) is 31.6 Å². The number of ether oxygens (including phenoxy) is 3. The fourth-order valence-electron chi connectivity index (χ4n) is 4.67. The van der Waals surface area contributed by atoms with Crippen molar-refractivity contribution < 1.29 is 50.8 Å². The zero-order chi connectivity index (χ0) is 32.5. The fourth-order valence-corrected chi connectivity index (χ4v) is 5.75. The lowest BCUT2D eigenvalue weighted by molar-refractivity contribution is -0.377. The molecule has 3 aromatic rings. The SMILES string of the molecule is CS(=O)(=O)Nc1ccc2c(c1)C(=O)C(=O)N2CC(=O)O[C@@H](Cc1c(Cl)c[nH+]cc1Cl)c1ccc(OC(F)F)c(OCC2CC2)c1. The van der Waals surface area contributed by atoms with E-state index in [-0.39, 0.29) is 51.5 Å². The first-order valence-corrected chi connectivity index (χ1v) is 16.2. The normalized spacial score (nSPS) is 15.2. The molecule has 2 N–H and O–H groups in total. The van der Waals surface area contributed by atoms with Crippen molar-refractivity contribution in [1.29, 1.82) is 0 Å². The first-order chi connectivity index (χ1) is 21.3. The van der Waals surface area contributed by atoms with Gasteiger partial charge in [-0.05, 0) is 54.7 Å². The molecule has 1 aliphatic heterocycles. The first kappa shape index (κ1) is 32.4. The van der Waals surface area contributed by atoms with Gasteiger partial charge in [0.05, 0.1) is 24.1 Å². The molecule has 2 aliphatic rings. The number of carbonyl (C=O) groups excluding carboxylic acids is 3. The molecule has 1 saturated carbocycles. The van der Waals surface area contributed by atoms with Crippen LogP contribution in [0.5, 0.6) is 11.5 Å². The Balaban J connectivity index is 1.43. The molecule has 0 saturated heterocycles. The summed E-state index contributed by atoms with van der Waals surface area (Å²) in [6.45, 7) is -3.49. The van der Waals surface area contributed by atoms with Crippen LogP contribution in [0.4, 0.5) is 20.2 Å². The molecule has 0 radical (unpaired) electrons. The predicted octanol–water partition coefficient (Wildman–Crippen LogP) is 4.63. The molecule has 238 valence electrons. The van der Waals surface area contributed by atoms with E-state index in [1.165, 1.54) is 48.8 Å². The third-order valence-corrected chi connectivity index (χ3v) is 8.23. The third-order valence-electron chi connectivity index (χ3n) is 6.95. The number of hydrogen-bond acceptors (Lipinski definition) is 8. The summed E-state index contributed by atoms with van der Waals surface area (Å²) in [5, 5.41) is 0.471. The van der Waals surface area contributed by atoms with Gasteiger partial charge < -0.3 is 14.2 Å². The molecular formula is C29H26Cl2F2N3O8S+. The number of Topliss-reactive ketones (excluding diaryl/α,β-unsaturated/α-hetero) is 1. The number of nitrogens with zero attached hydrogens (tertiary/aromatic N) is 1. The van der Waals surface area contributed by atoms with Gasteiger partial charge >= 0.3 is 12.6 Å². The monoisotopic (exact) mass is 684 g/mol. The minimum Gasteiger partial charge on any atom is -0.489 e. The van der Waals surface area contributed by atoms with Crippen molar-refractivity contribution >= 4 is 62.3 Å². The van der Waals surface area contributed by atoms with Crippen LogP contribution in [-0.2, 0) is 30.8 Å². The summed E-state index contributed by atoms with van der Waals surface area (Å²) in [4.78, 5) is 42.6. The van der Waals surface area contributed by atoms with Crippen molar-refractivity contribution in [1.82, 2.24) is 0 Å². The van der Waals surface area contributed by atoms with Crippen LogP contribution >= 0.6 is 23.2 Å². The van der Waals surface area contributed by atoms with Crippen LogP contribution in [0.1, 0.15) is 40.4 Å². The molecule has 1 atom stereocenters. The number of anilines is 2. The third kappa shape index (κ3) is 7.99. The fraction of sp³-hybridized carbons (Fsp3) is 0.310. The highest BCUT2D eigenvalue weighted by molar-refractivity contribution is 7.92. The standard InChI is InChI=1S/C29H25Cl2F2N3O8S/c1-45(40,41)35-17-5-6-22-19(9-17)27(38)28(39)36(22)13-26(37)43-24(10-18-20(30)11-34-12-21(18)31)16-4-7-23(44-29(32)33)25(8-16)42-14-15-2-3-15/h4-9,11-12,15,24,29,35H,2-3,10,13-14H2,1H3/p+1/t24-/m0/s1. The van der Waals surface area contributed by atoms with Crippen LogP contribution in [0.15, 0.2) is 48.8 Å². The van der Waals surface area contributed by atoms with Gasteiger partial charge in [-0.3, -0.25) is 24.0 Å². The second-order valence-electron chi connectivity index (χ2n) is 10.5. The second-order valence-corrected chi connectivity index (χ2v) is 13.0. The Morgan fingerprint density at radius 2 is 1.80 bits per heavy atom. The number of esters is 1. The summed E-state index contributed by atoms with van der Waals surface area (Å²) in [6.07, 6.45) is 4.62. The molecule has 1 fully saturated rings. The molecule has 16 heteroatoms. The van der Waals surface area contributed by atoms with Crippen LogP contribution in [0.2, 0.25) is 10.0 Å². The van der Waals surface area contributed by atoms with Crippen LogP contribution in [0.25, 0.3) is 0 Å². The number of pyridine rings is 1. The summed E-state index contributed by atoms with van der Waals surface area (Å²) in [7, 11) is -3.66. The average molecular weight is 686 g/mol. The average Bonchev–Trinajstić information content (AvgIpc) is 3.76. The summed E-state index contributed by atoms with van der Waals surface area (Å²) in [5.41, 5.74) is 0.800. The highest BCUT2D eigenvalue weighted by Crippen LogP contribution is 2.38. The van der Waals surface area contributed by atoms with Crippen LogP contribution < -0.4 is 24.1 Å². The Bertz CT molecular complexity index is 1750. The zero-order valence-electron chi connectivity index (χ0n) is 23.5. The number of nitrogens with one attached hydrogen (secondary N) is 2. The molecular weight excluding hydrogens is 659 g/mol. The van der Waals surface area contributed by atoms with Gasteiger partial charge in [-0.2, -0.15) is 8.78 Å². The van der Waals surface area contributed by atoms with Crippen molar-refractivity contribution in [2.24, 2.45) is 5.92 Å². The van der Waals surface area contributed by atoms with Crippen molar-refractivity contribution in [2.45, 2.75) is 32.0 Å². The molecule has 1 aliphatic carbocycles. The van der Waals surface area contributed by atoms with E-state index in [1.807, 2.05) is 0 Å². The van der Waals surface area contributed by atoms with E-state index in [4.69, 9.17) is 32.7 Å². The van der Waals surface area contributed by atoms with Gasteiger partial charge in [0.15, 0.2) is 23.9 Å². The van der Waals surface area contributed by atoms with Gasteiger partial charge in [-0.15, -0.1) is 0 Å². The number of aromatic nitrogens is 1. The minimum atomic E-state index is -3.66. The number of sulfonamides is 1.